The third-order valence-electron chi connectivity index (χ3n) is 6.84. The van der Waals surface area contributed by atoms with Crippen molar-refractivity contribution in [3.05, 3.63) is 0 Å². The van der Waals surface area contributed by atoms with Gasteiger partial charge in [0.15, 0.2) is 0 Å². The highest BCUT2D eigenvalue weighted by atomic mass is 16.6. The Hall–Kier alpha value is -2.12. The van der Waals surface area contributed by atoms with Crippen LogP contribution in [0, 0.1) is 0 Å². The smallest absolute Gasteiger partial charge is 0.317 e. The van der Waals surface area contributed by atoms with Crippen LogP contribution in [0.5, 0.6) is 0 Å². The first-order valence-corrected chi connectivity index (χ1v) is 11.8. The zero-order valence-corrected chi connectivity index (χ0v) is 22.0. The Morgan fingerprint density at radius 1 is 0.606 bits per heavy atom. The summed E-state index contributed by atoms with van der Waals surface area (Å²) in [6.45, 7) is 18.8. The maximum Gasteiger partial charge on any atom is 0.317 e. The lowest BCUT2D eigenvalue weighted by Crippen LogP contribution is -2.64. The van der Waals surface area contributed by atoms with Gasteiger partial charge in [-0.1, -0.05) is 0 Å². The molecule has 2 saturated heterocycles. The normalized spacial score (nSPS) is 24.2. The molecule has 0 spiro atoms. The van der Waals surface area contributed by atoms with Crippen molar-refractivity contribution in [3.8, 4) is 0 Å². The van der Waals surface area contributed by atoms with Crippen molar-refractivity contribution in [2.24, 2.45) is 0 Å². The molecule has 2 amide bonds. The second kappa shape index (κ2) is 8.91. The Morgan fingerprint density at radius 2 is 0.848 bits per heavy atom. The first kappa shape index (κ1) is 27.1. The summed E-state index contributed by atoms with van der Waals surface area (Å²) >= 11 is 0. The Morgan fingerprint density at radius 3 is 1.06 bits per heavy atom. The monoisotopic (exact) mass is 466 g/mol. The van der Waals surface area contributed by atoms with Crippen molar-refractivity contribution in [3.63, 3.8) is 0 Å². The van der Waals surface area contributed by atoms with Crippen LogP contribution in [-0.4, -0.2) is 67.9 Å². The average molecular weight is 467 g/mol. The predicted octanol–water partition coefficient (Wildman–Crippen LogP) is 3.60. The molecule has 2 aliphatic rings. The van der Waals surface area contributed by atoms with E-state index < -0.39 is 40.5 Å². The van der Waals surface area contributed by atoms with E-state index in [1.165, 1.54) is 0 Å². The molecule has 2 heterocycles. The SMILES string of the molecule is CC(=O)N1C(C)(C)CC(OC(=O)CC(=O)OC2CC(C)(C)N(C(C)=O)C(C)(C)C2)CC1(C)C. The van der Waals surface area contributed by atoms with Crippen LogP contribution >= 0.6 is 0 Å². The highest BCUT2D eigenvalue weighted by molar-refractivity contribution is 5.91. The summed E-state index contributed by atoms with van der Waals surface area (Å²) in [5, 5.41) is 0. The topological polar surface area (TPSA) is 93.2 Å². The van der Waals surface area contributed by atoms with Gasteiger partial charge in [0, 0.05) is 61.7 Å². The number of esters is 2. The van der Waals surface area contributed by atoms with Gasteiger partial charge in [-0.15, -0.1) is 0 Å². The Bertz CT molecular complexity index is 712. The van der Waals surface area contributed by atoms with Crippen molar-refractivity contribution in [1.29, 1.82) is 0 Å². The number of hydrogen-bond acceptors (Lipinski definition) is 6. The number of ether oxygens (including phenoxy) is 2. The molecule has 2 aliphatic heterocycles. The minimum absolute atomic E-state index is 0.0139. The number of piperidine rings is 2. The highest BCUT2D eigenvalue weighted by Crippen LogP contribution is 2.41. The summed E-state index contributed by atoms with van der Waals surface area (Å²) in [6, 6.07) is 0. The van der Waals surface area contributed by atoms with Crippen LogP contribution in [0.25, 0.3) is 0 Å². The summed E-state index contributed by atoms with van der Waals surface area (Å²) in [5.74, 6) is -1.26. The number of likely N-dealkylation sites (tertiary alicyclic amines) is 2. The van der Waals surface area contributed by atoms with Crippen molar-refractivity contribution >= 4 is 23.8 Å². The number of carbonyl (C=O) groups excluding carboxylic acids is 4. The fourth-order valence-corrected chi connectivity index (χ4v) is 6.82. The molecule has 188 valence electrons. The summed E-state index contributed by atoms with van der Waals surface area (Å²) in [4.78, 5) is 53.1. The largest absolute Gasteiger partial charge is 0.462 e. The molecule has 2 fully saturated rings. The maximum atomic E-state index is 12.5. The minimum Gasteiger partial charge on any atom is -0.462 e. The molecule has 33 heavy (non-hydrogen) atoms. The number of hydrogen-bond donors (Lipinski definition) is 0. The second-order valence-corrected chi connectivity index (χ2v) is 12.2. The molecule has 0 aromatic carbocycles. The summed E-state index contributed by atoms with van der Waals surface area (Å²) < 4.78 is 11.3. The molecule has 0 aliphatic carbocycles. The highest BCUT2D eigenvalue weighted by Gasteiger charge is 2.49. The van der Waals surface area contributed by atoms with Crippen molar-refractivity contribution < 1.29 is 28.7 Å². The van der Waals surface area contributed by atoms with Crippen molar-refractivity contribution in [1.82, 2.24) is 9.80 Å². The van der Waals surface area contributed by atoms with Gasteiger partial charge in [0.25, 0.3) is 0 Å². The van der Waals surface area contributed by atoms with Gasteiger partial charge in [-0.05, 0) is 55.4 Å². The number of nitrogens with zero attached hydrogens (tertiary/aromatic N) is 2. The Kier molecular flexibility index (Phi) is 7.33. The zero-order chi connectivity index (χ0) is 25.6. The van der Waals surface area contributed by atoms with Crippen LogP contribution in [0.2, 0.25) is 0 Å². The third kappa shape index (κ3) is 6.07. The van der Waals surface area contributed by atoms with E-state index in [0.29, 0.717) is 25.7 Å². The van der Waals surface area contributed by atoms with Gasteiger partial charge in [0.05, 0.1) is 0 Å². The van der Waals surface area contributed by atoms with Gasteiger partial charge in [-0.25, -0.2) is 0 Å². The van der Waals surface area contributed by atoms with E-state index in [-0.39, 0.29) is 24.0 Å². The first-order valence-electron chi connectivity index (χ1n) is 11.8. The van der Waals surface area contributed by atoms with Crippen LogP contribution < -0.4 is 0 Å². The molecule has 0 radical (unpaired) electrons. The standard InChI is InChI=1S/C25H42N2O6/c1-16(28)26-22(3,4)12-18(13-23(26,5)6)32-20(30)11-21(31)33-19-14-24(7,8)27(17(2)29)25(9,10)15-19/h18-19H,11-15H2,1-10H3. The zero-order valence-electron chi connectivity index (χ0n) is 22.0. The Labute approximate surface area is 198 Å². The first-order chi connectivity index (χ1) is 14.8. The molecular formula is C25H42N2O6. The number of rotatable bonds is 4. The minimum atomic E-state index is -0.618. The van der Waals surface area contributed by atoms with Gasteiger partial charge in [0.1, 0.15) is 18.6 Å². The lowest BCUT2D eigenvalue weighted by molar-refractivity contribution is -0.173. The van der Waals surface area contributed by atoms with E-state index in [1.807, 2.05) is 65.2 Å². The fourth-order valence-electron chi connectivity index (χ4n) is 6.82. The van der Waals surface area contributed by atoms with E-state index in [1.54, 1.807) is 13.8 Å². The molecule has 8 heteroatoms. The molecule has 0 aromatic heterocycles. The molecule has 0 aromatic rings. The summed E-state index contributed by atoms with van der Waals surface area (Å²) in [6.07, 6.45) is 0.781. The summed E-state index contributed by atoms with van der Waals surface area (Å²) in [5.41, 5.74) is -1.89. The quantitative estimate of drug-likeness (QED) is 0.464. The molecule has 0 unspecified atom stereocenters. The van der Waals surface area contributed by atoms with E-state index in [4.69, 9.17) is 9.47 Å². The van der Waals surface area contributed by atoms with Crippen molar-refractivity contribution in [2.45, 2.75) is 136 Å². The molecule has 0 bridgehead atoms. The second-order valence-electron chi connectivity index (χ2n) is 12.2. The van der Waals surface area contributed by atoms with Gasteiger partial charge in [-0.3, -0.25) is 19.2 Å². The molecule has 8 nitrogen and oxygen atoms in total. The maximum absolute atomic E-state index is 12.5. The van der Waals surface area contributed by atoms with E-state index in [2.05, 4.69) is 0 Å². The average Bonchev–Trinajstić information content (AvgIpc) is 2.47. The molecule has 0 saturated carbocycles. The van der Waals surface area contributed by atoms with E-state index in [9.17, 15) is 19.2 Å². The Balaban J connectivity index is 1.97. The van der Waals surface area contributed by atoms with Gasteiger partial charge in [-0.2, -0.15) is 0 Å². The molecular weight excluding hydrogens is 424 g/mol. The van der Waals surface area contributed by atoms with E-state index >= 15 is 0 Å². The van der Waals surface area contributed by atoms with Gasteiger partial charge < -0.3 is 19.3 Å². The summed E-state index contributed by atoms with van der Waals surface area (Å²) in [7, 11) is 0. The van der Waals surface area contributed by atoms with Crippen LogP contribution in [0.15, 0.2) is 0 Å². The molecule has 0 atom stereocenters. The van der Waals surface area contributed by atoms with Crippen LogP contribution in [-0.2, 0) is 28.7 Å². The fraction of sp³-hybridized carbons (Fsp3) is 0.840. The third-order valence-corrected chi connectivity index (χ3v) is 6.84. The number of carbonyl (C=O) groups is 4. The van der Waals surface area contributed by atoms with Crippen LogP contribution in [0.3, 0.4) is 0 Å². The predicted molar refractivity (Wildman–Crippen MR) is 124 cm³/mol. The lowest BCUT2D eigenvalue weighted by atomic mass is 9.78. The van der Waals surface area contributed by atoms with Crippen LogP contribution in [0.1, 0.15) is 101 Å². The number of amides is 2. The lowest BCUT2D eigenvalue weighted by Gasteiger charge is -2.54. The van der Waals surface area contributed by atoms with Gasteiger partial charge in [0.2, 0.25) is 11.8 Å². The molecule has 2 rings (SSSR count). The van der Waals surface area contributed by atoms with Gasteiger partial charge >= 0.3 is 11.9 Å². The van der Waals surface area contributed by atoms with E-state index in [0.717, 1.165) is 0 Å². The van der Waals surface area contributed by atoms with Crippen molar-refractivity contribution in [2.75, 3.05) is 0 Å². The van der Waals surface area contributed by atoms with Crippen LogP contribution in [0.4, 0.5) is 0 Å². The molecule has 0 N–H and O–H groups in total.